The van der Waals surface area contributed by atoms with Crippen LogP contribution in [0.15, 0.2) is 47.1 Å². The molecule has 1 unspecified atom stereocenters. The molecule has 1 aromatic carbocycles. The summed E-state index contributed by atoms with van der Waals surface area (Å²) in [5.41, 5.74) is 5.04. The van der Waals surface area contributed by atoms with Gasteiger partial charge in [0.1, 0.15) is 0 Å². The Labute approximate surface area is 130 Å². The highest BCUT2D eigenvalue weighted by molar-refractivity contribution is 5.84. The Balaban J connectivity index is 1.70. The fraction of sp³-hybridized carbons (Fsp3) is 0.333. The number of amides is 1. The van der Waals surface area contributed by atoms with E-state index in [9.17, 15) is 4.79 Å². The van der Waals surface area contributed by atoms with Crippen LogP contribution in [0.25, 0.3) is 5.70 Å². The average molecular weight is 293 g/mol. The van der Waals surface area contributed by atoms with Crippen molar-refractivity contribution in [2.24, 2.45) is 4.99 Å². The summed E-state index contributed by atoms with van der Waals surface area (Å²) >= 11 is 0. The monoisotopic (exact) mass is 293 g/mol. The summed E-state index contributed by atoms with van der Waals surface area (Å²) in [5.74, 6) is 0.447. The molecule has 112 valence electrons. The van der Waals surface area contributed by atoms with Crippen molar-refractivity contribution in [3.63, 3.8) is 0 Å². The van der Waals surface area contributed by atoms with Gasteiger partial charge in [-0.1, -0.05) is 30.3 Å². The molecule has 1 aromatic rings. The number of piperazine rings is 1. The highest BCUT2D eigenvalue weighted by Crippen LogP contribution is 2.45. The first kappa shape index (κ1) is 13.3. The lowest BCUT2D eigenvalue weighted by atomic mass is 9.98. The zero-order valence-corrected chi connectivity index (χ0v) is 12.7. The summed E-state index contributed by atoms with van der Waals surface area (Å²) in [7, 11) is 0. The fourth-order valence-electron chi connectivity index (χ4n) is 3.61. The van der Waals surface area contributed by atoms with Gasteiger partial charge in [0.05, 0.1) is 11.4 Å². The van der Waals surface area contributed by atoms with Gasteiger partial charge < -0.3 is 9.80 Å². The Kier molecular flexibility index (Phi) is 3.10. The van der Waals surface area contributed by atoms with E-state index in [1.54, 1.807) is 6.92 Å². The molecule has 2 heterocycles. The minimum atomic E-state index is 0.167. The van der Waals surface area contributed by atoms with Crippen molar-refractivity contribution < 1.29 is 4.79 Å². The number of dihydropyridines is 1. The van der Waals surface area contributed by atoms with E-state index < -0.39 is 0 Å². The van der Waals surface area contributed by atoms with Crippen LogP contribution in [-0.2, 0) is 4.79 Å². The van der Waals surface area contributed by atoms with Crippen molar-refractivity contribution >= 4 is 17.8 Å². The number of hydrogen-bond acceptors (Lipinski definition) is 3. The van der Waals surface area contributed by atoms with Crippen LogP contribution >= 0.6 is 0 Å². The number of hydrogen-bond donors (Lipinski definition) is 0. The standard InChI is InChI=1S/C18H19N3O/c1-13(22)20-9-11-21(12-10-20)18-16-6-3-2-5-14(16)15-7-4-8-19-17(15)18/h2-8,15H,9-12H2,1H3. The lowest BCUT2D eigenvalue weighted by Crippen LogP contribution is -2.47. The minimum Gasteiger partial charge on any atom is -0.366 e. The van der Waals surface area contributed by atoms with Crippen molar-refractivity contribution in [1.82, 2.24) is 9.80 Å². The van der Waals surface area contributed by atoms with Crippen LogP contribution in [0.5, 0.6) is 0 Å². The van der Waals surface area contributed by atoms with E-state index in [2.05, 4.69) is 40.2 Å². The Morgan fingerprint density at radius 2 is 1.95 bits per heavy atom. The van der Waals surface area contributed by atoms with Gasteiger partial charge in [-0.3, -0.25) is 9.79 Å². The summed E-state index contributed by atoms with van der Waals surface area (Å²) in [6, 6.07) is 8.58. The number of rotatable bonds is 1. The first-order valence-electron chi connectivity index (χ1n) is 7.80. The zero-order chi connectivity index (χ0) is 15.1. The van der Waals surface area contributed by atoms with E-state index in [4.69, 9.17) is 0 Å². The van der Waals surface area contributed by atoms with Gasteiger partial charge >= 0.3 is 0 Å². The molecule has 0 radical (unpaired) electrons. The van der Waals surface area contributed by atoms with Crippen molar-refractivity contribution in [1.29, 1.82) is 0 Å². The number of carbonyl (C=O) groups excluding carboxylic acids is 1. The van der Waals surface area contributed by atoms with E-state index >= 15 is 0 Å². The SMILES string of the molecule is CC(=O)N1CCN(C2=C3N=CC=CC3c3ccccc32)CC1. The molecule has 1 saturated heterocycles. The number of allylic oxidation sites excluding steroid dienone is 2. The van der Waals surface area contributed by atoms with Crippen LogP contribution in [0, 0.1) is 0 Å². The predicted octanol–water partition coefficient (Wildman–Crippen LogP) is 2.26. The van der Waals surface area contributed by atoms with Gasteiger partial charge in [0.25, 0.3) is 0 Å². The molecule has 1 atom stereocenters. The Morgan fingerprint density at radius 1 is 1.18 bits per heavy atom. The third-order valence-electron chi connectivity index (χ3n) is 4.73. The van der Waals surface area contributed by atoms with Crippen molar-refractivity contribution in [2.45, 2.75) is 12.8 Å². The van der Waals surface area contributed by atoms with E-state index in [-0.39, 0.29) is 11.8 Å². The van der Waals surface area contributed by atoms with Gasteiger partial charge in [-0.25, -0.2) is 0 Å². The summed E-state index contributed by atoms with van der Waals surface area (Å²) < 4.78 is 0. The summed E-state index contributed by atoms with van der Waals surface area (Å²) in [4.78, 5) is 20.5. The second-order valence-corrected chi connectivity index (χ2v) is 5.95. The zero-order valence-electron chi connectivity index (χ0n) is 12.7. The van der Waals surface area contributed by atoms with Gasteiger partial charge in [0.15, 0.2) is 0 Å². The molecule has 2 aliphatic heterocycles. The van der Waals surface area contributed by atoms with Gasteiger partial charge in [-0.15, -0.1) is 0 Å². The molecular weight excluding hydrogens is 274 g/mol. The molecule has 22 heavy (non-hydrogen) atoms. The van der Waals surface area contributed by atoms with E-state index in [0.29, 0.717) is 0 Å². The molecule has 3 aliphatic rings. The van der Waals surface area contributed by atoms with Crippen LogP contribution in [-0.4, -0.2) is 48.1 Å². The van der Waals surface area contributed by atoms with E-state index in [1.165, 1.54) is 16.8 Å². The van der Waals surface area contributed by atoms with Crippen LogP contribution in [0.2, 0.25) is 0 Å². The average Bonchev–Trinajstić information content (AvgIpc) is 2.89. The maximum atomic E-state index is 11.5. The molecule has 0 aromatic heterocycles. The topological polar surface area (TPSA) is 35.9 Å². The Bertz CT molecular complexity index is 709. The summed E-state index contributed by atoms with van der Waals surface area (Å²) in [6.07, 6.45) is 6.13. The third kappa shape index (κ3) is 1.98. The normalized spacial score (nSPS) is 22.9. The number of aliphatic imine (C=N–C) groups is 1. The van der Waals surface area contributed by atoms with Gasteiger partial charge in [-0.2, -0.15) is 0 Å². The quantitative estimate of drug-likeness (QED) is 0.796. The van der Waals surface area contributed by atoms with Crippen LogP contribution < -0.4 is 0 Å². The highest BCUT2D eigenvalue weighted by atomic mass is 16.2. The van der Waals surface area contributed by atoms with Crippen LogP contribution in [0.1, 0.15) is 24.0 Å². The minimum absolute atomic E-state index is 0.167. The fourth-order valence-corrected chi connectivity index (χ4v) is 3.61. The summed E-state index contributed by atoms with van der Waals surface area (Å²) in [6.45, 7) is 4.98. The lowest BCUT2D eigenvalue weighted by molar-refractivity contribution is -0.130. The largest absolute Gasteiger partial charge is 0.366 e. The smallest absolute Gasteiger partial charge is 0.219 e. The molecule has 0 spiro atoms. The van der Waals surface area contributed by atoms with Crippen molar-refractivity contribution in [3.05, 3.63) is 53.2 Å². The molecule has 4 rings (SSSR count). The molecular formula is C18H19N3O. The second-order valence-electron chi connectivity index (χ2n) is 5.95. The first-order valence-corrected chi connectivity index (χ1v) is 7.80. The van der Waals surface area contributed by atoms with Crippen molar-refractivity contribution in [3.8, 4) is 0 Å². The second kappa shape index (κ2) is 5.13. The molecule has 1 aliphatic carbocycles. The number of benzene rings is 1. The van der Waals surface area contributed by atoms with Gasteiger partial charge in [0.2, 0.25) is 5.91 Å². The van der Waals surface area contributed by atoms with Crippen molar-refractivity contribution in [2.75, 3.05) is 26.2 Å². The molecule has 0 bridgehead atoms. The Morgan fingerprint density at radius 3 is 2.73 bits per heavy atom. The predicted molar refractivity (Wildman–Crippen MR) is 87.6 cm³/mol. The van der Waals surface area contributed by atoms with Crippen LogP contribution in [0.3, 0.4) is 0 Å². The van der Waals surface area contributed by atoms with E-state index in [0.717, 1.165) is 31.9 Å². The Hall–Kier alpha value is -2.36. The lowest BCUT2D eigenvalue weighted by Gasteiger charge is -2.37. The third-order valence-corrected chi connectivity index (χ3v) is 4.73. The van der Waals surface area contributed by atoms with Gasteiger partial charge in [-0.05, 0) is 11.6 Å². The van der Waals surface area contributed by atoms with E-state index in [1.807, 2.05) is 17.2 Å². The highest BCUT2D eigenvalue weighted by Gasteiger charge is 2.34. The number of carbonyl (C=O) groups is 1. The number of nitrogens with zero attached hydrogens (tertiary/aromatic N) is 3. The summed E-state index contributed by atoms with van der Waals surface area (Å²) in [5, 5.41) is 0. The molecule has 1 fully saturated rings. The maximum Gasteiger partial charge on any atom is 0.219 e. The number of fused-ring (bicyclic) bond motifs is 3. The van der Waals surface area contributed by atoms with Crippen LogP contribution in [0.4, 0.5) is 0 Å². The maximum absolute atomic E-state index is 11.5. The molecule has 1 amide bonds. The first-order chi connectivity index (χ1) is 10.8. The molecule has 4 nitrogen and oxygen atoms in total. The molecule has 0 saturated carbocycles. The molecule has 0 N–H and O–H groups in total. The van der Waals surface area contributed by atoms with Gasteiger partial charge in [0, 0.05) is 50.8 Å². The molecule has 4 heteroatoms.